The highest BCUT2D eigenvalue weighted by Crippen LogP contribution is 2.06. The average Bonchev–Trinajstić information content (AvgIpc) is 2.91. The second-order valence-electron chi connectivity index (χ2n) is 4.03. The second-order valence-corrected chi connectivity index (χ2v) is 6.47. The Hall–Kier alpha value is -1.43. The van der Waals surface area contributed by atoms with Crippen LogP contribution in [0.2, 0.25) is 0 Å². The van der Waals surface area contributed by atoms with Crippen LogP contribution >= 0.6 is 11.3 Å². The molecule has 2 rings (SSSR count). The maximum Gasteiger partial charge on any atom is 0.233 e. The van der Waals surface area contributed by atoms with Crippen LogP contribution in [0.4, 0.5) is 0 Å². The molecular weight excluding hydrogens is 278 g/mol. The molecule has 2 aromatic rings. The van der Waals surface area contributed by atoms with Crippen molar-refractivity contribution in [3.63, 3.8) is 0 Å². The SMILES string of the molecule is O=S(=O)(C=Cc1ccccc1)NCCc1ccsc1. The molecule has 1 aromatic heterocycles. The number of rotatable bonds is 6. The smallest absolute Gasteiger partial charge is 0.211 e. The van der Waals surface area contributed by atoms with Crippen molar-refractivity contribution in [1.29, 1.82) is 0 Å². The molecular formula is C14H15NO2S2. The Labute approximate surface area is 117 Å². The van der Waals surface area contributed by atoms with Gasteiger partial charge in [-0.3, -0.25) is 0 Å². The molecule has 0 atom stereocenters. The number of sulfonamides is 1. The van der Waals surface area contributed by atoms with Crippen LogP contribution in [0.25, 0.3) is 6.08 Å². The zero-order chi connectivity index (χ0) is 13.6. The Morgan fingerprint density at radius 2 is 1.95 bits per heavy atom. The summed E-state index contributed by atoms with van der Waals surface area (Å²) >= 11 is 1.61. The van der Waals surface area contributed by atoms with Gasteiger partial charge in [-0.1, -0.05) is 30.3 Å². The molecule has 1 heterocycles. The minimum atomic E-state index is -3.36. The quantitative estimate of drug-likeness (QED) is 0.890. The summed E-state index contributed by atoms with van der Waals surface area (Å²) in [5.74, 6) is 0. The summed E-state index contributed by atoms with van der Waals surface area (Å²) in [6.07, 6.45) is 2.30. The zero-order valence-electron chi connectivity index (χ0n) is 10.3. The lowest BCUT2D eigenvalue weighted by molar-refractivity contribution is 0.591. The molecule has 0 bridgehead atoms. The lowest BCUT2D eigenvalue weighted by Gasteiger charge is -2.01. The van der Waals surface area contributed by atoms with E-state index in [1.807, 2.05) is 47.2 Å². The molecule has 1 aromatic carbocycles. The molecule has 0 saturated carbocycles. The zero-order valence-corrected chi connectivity index (χ0v) is 12.0. The fourth-order valence-corrected chi connectivity index (χ4v) is 3.08. The maximum atomic E-state index is 11.7. The molecule has 100 valence electrons. The topological polar surface area (TPSA) is 46.2 Å². The molecule has 0 aliphatic carbocycles. The monoisotopic (exact) mass is 293 g/mol. The van der Waals surface area contributed by atoms with E-state index in [9.17, 15) is 8.42 Å². The highest BCUT2D eigenvalue weighted by atomic mass is 32.2. The Morgan fingerprint density at radius 3 is 2.63 bits per heavy atom. The number of hydrogen-bond donors (Lipinski definition) is 1. The van der Waals surface area contributed by atoms with E-state index in [0.717, 1.165) is 11.1 Å². The van der Waals surface area contributed by atoms with Crippen LogP contribution in [0.5, 0.6) is 0 Å². The molecule has 1 N–H and O–H groups in total. The third-order valence-corrected chi connectivity index (χ3v) is 4.37. The minimum Gasteiger partial charge on any atom is -0.211 e. The third-order valence-electron chi connectivity index (χ3n) is 2.54. The van der Waals surface area contributed by atoms with Gasteiger partial charge in [-0.15, -0.1) is 0 Å². The first-order valence-corrected chi connectivity index (χ1v) is 8.38. The molecule has 0 aliphatic heterocycles. The molecule has 3 nitrogen and oxygen atoms in total. The van der Waals surface area contributed by atoms with Crippen LogP contribution in [-0.4, -0.2) is 15.0 Å². The third kappa shape index (κ3) is 4.98. The summed E-state index contributed by atoms with van der Waals surface area (Å²) in [5, 5.41) is 5.21. The molecule has 0 unspecified atom stereocenters. The molecule has 5 heteroatoms. The Bertz CT molecular complexity index is 617. The van der Waals surface area contributed by atoms with Crippen LogP contribution in [0.1, 0.15) is 11.1 Å². The van der Waals surface area contributed by atoms with E-state index in [-0.39, 0.29) is 0 Å². The van der Waals surface area contributed by atoms with Gasteiger partial charge in [0.1, 0.15) is 0 Å². The van der Waals surface area contributed by atoms with Crippen molar-refractivity contribution in [3.8, 4) is 0 Å². The normalized spacial score (nSPS) is 12.0. The standard InChI is InChI=1S/C14H15NO2S2/c16-19(17,11-8-13-4-2-1-3-5-13)15-9-6-14-7-10-18-12-14/h1-5,7-8,10-12,15H,6,9H2. The molecule has 0 radical (unpaired) electrons. The minimum absolute atomic E-state index is 0.415. The molecule has 0 saturated heterocycles. The van der Waals surface area contributed by atoms with E-state index in [0.29, 0.717) is 13.0 Å². The van der Waals surface area contributed by atoms with E-state index in [1.54, 1.807) is 17.4 Å². The van der Waals surface area contributed by atoms with Crippen molar-refractivity contribution in [2.75, 3.05) is 6.54 Å². The van der Waals surface area contributed by atoms with Crippen LogP contribution in [0.15, 0.2) is 52.6 Å². The summed E-state index contributed by atoms with van der Waals surface area (Å²) < 4.78 is 26.0. The predicted molar refractivity (Wildman–Crippen MR) is 80.4 cm³/mol. The first kappa shape index (κ1) is 14.0. The van der Waals surface area contributed by atoms with E-state index < -0.39 is 10.0 Å². The average molecular weight is 293 g/mol. The summed E-state index contributed by atoms with van der Waals surface area (Å²) in [7, 11) is -3.36. The van der Waals surface area contributed by atoms with Crippen molar-refractivity contribution in [2.45, 2.75) is 6.42 Å². The first-order valence-electron chi connectivity index (χ1n) is 5.90. The lowest BCUT2D eigenvalue weighted by Crippen LogP contribution is -2.23. The summed E-state index contributed by atoms with van der Waals surface area (Å²) in [5.41, 5.74) is 2.02. The first-order chi connectivity index (χ1) is 9.16. The van der Waals surface area contributed by atoms with Gasteiger partial charge in [-0.05, 0) is 40.5 Å². The largest absolute Gasteiger partial charge is 0.233 e. The van der Waals surface area contributed by atoms with Gasteiger partial charge in [0.2, 0.25) is 10.0 Å². The van der Waals surface area contributed by atoms with Gasteiger partial charge in [0, 0.05) is 12.0 Å². The van der Waals surface area contributed by atoms with Gasteiger partial charge < -0.3 is 0 Å². The fourth-order valence-electron chi connectivity index (χ4n) is 1.55. The maximum absolute atomic E-state index is 11.7. The van der Waals surface area contributed by atoms with Gasteiger partial charge in [0.05, 0.1) is 0 Å². The van der Waals surface area contributed by atoms with Crippen LogP contribution in [0, 0.1) is 0 Å². The summed E-state index contributed by atoms with van der Waals surface area (Å²) in [6.45, 7) is 0.415. The van der Waals surface area contributed by atoms with Gasteiger partial charge in [-0.2, -0.15) is 11.3 Å². The van der Waals surface area contributed by atoms with Crippen LogP contribution in [-0.2, 0) is 16.4 Å². The number of thiophene rings is 1. The Kier molecular flexibility index (Phi) is 4.90. The highest BCUT2D eigenvalue weighted by molar-refractivity contribution is 7.92. The van der Waals surface area contributed by atoms with Crippen molar-refractivity contribution in [2.24, 2.45) is 0 Å². The van der Waals surface area contributed by atoms with Crippen LogP contribution in [0.3, 0.4) is 0 Å². The molecule has 0 spiro atoms. The number of hydrogen-bond acceptors (Lipinski definition) is 3. The fraction of sp³-hybridized carbons (Fsp3) is 0.143. The second kappa shape index (κ2) is 6.65. The van der Waals surface area contributed by atoms with E-state index in [2.05, 4.69) is 4.72 Å². The van der Waals surface area contributed by atoms with Gasteiger partial charge in [0.15, 0.2) is 0 Å². The molecule has 0 aliphatic rings. The molecule has 19 heavy (non-hydrogen) atoms. The van der Waals surface area contributed by atoms with E-state index in [1.165, 1.54) is 5.41 Å². The van der Waals surface area contributed by atoms with Crippen molar-refractivity contribution < 1.29 is 8.42 Å². The summed E-state index contributed by atoms with van der Waals surface area (Å²) in [4.78, 5) is 0. The van der Waals surface area contributed by atoms with Crippen LogP contribution < -0.4 is 4.72 Å². The van der Waals surface area contributed by atoms with Gasteiger partial charge in [0.25, 0.3) is 0 Å². The van der Waals surface area contributed by atoms with E-state index >= 15 is 0 Å². The van der Waals surface area contributed by atoms with Gasteiger partial charge >= 0.3 is 0 Å². The van der Waals surface area contributed by atoms with Crippen molar-refractivity contribution in [3.05, 3.63) is 63.7 Å². The number of benzene rings is 1. The van der Waals surface area contributed by atoms with Crippen molar-refractivity contribution >= 4 is 27.4 Å². The summed E-state index contributed by atoms with van der Waals surface area (Å²) in [6, 6.07) is 11.4. The Morgan fingerprint density at radius 1 is 1.16 bits per heavy atom. The molecule has 0 amide bonds. The Balaban J connectivity index is 1.87. The van der Waals surface area contributed by atoms with E-state index in [4.69, 9.17) is 0 Å². The highest BCUT2D eigenvalue weighted by Gasteiger charge is 2.04. The predicted octanol–water partition coefficient (Wildman–Crippen LogP) is 2.88. The number of nitrogens with one attached hydrogen (secondary N) is 1. The van der Waals surface area contributed by atoms with Crippen molar-refractivity contribution in [1.82, 2.24) is 4.72 Å². The molecule has 0 fully saturated rings. The van der Waals surface area contributed by atoms with Gasteiger partial charge in [-0.25, -0.2) is 13.1 Å². The lowest BCUT2D eigenvalue weighted by atomic mass is 10.2.